The first-order valence-electron chi connectivity index (χ1n) is 12.6. The van der Waals surface area contributed by atoms with Gasteiger partial charge in [0, 0.05) is 28.7 Å². The molecule has 6 atom stereocenters. The Kier molecular flexibility index (Phi) is 12.5. The minimum atomic E-state index is -5.79. The maximum Gasteiger partial charge on any atom is 0.490 e. The van der Waals surface area contributed by atoms with Gasteiger partial charge >= 0.3 is 35.1 Å². The molecule has 1 fully saturated rings. The molecule has 1 aromatic heterocycles. The van der Waals surface area contributed by atoms with Crippen LogP contribution in [0.4, 0.5) is 0 Å². The van der Waals surface area contributed by atoms with E-state index in [-0.39, 0.29) is 22.8 Å². The fraction of sp³-hybridized carbons (Fsp3) is 0.500. The highest BCUT2D eigenvalue weighted by Gasteiger charge is 2.44. The number of aromatic amines is 1. The third-order valence-electron chi connectivity index (χ3n) is 5.72. The van der Waals surface area contributed by atoms with Crippen LogP contribution in [0.2, 0.25) is 0 Å². The van der Waals surface area contributed by atoms with Gasteiger partial charge in [-0.05, 0) is 25.5 Å². The number of hydrogen-bond acceptors (Lipinski definition) is 13. The largest absolute Gasteiger partial charge is 0.490 e. The molecule has 0 saturated carbocycles. The number of rotatable bonds is 14. The molecule has 0 bridgehead atoms. The Hall–Kier alpha value is -1.56. The summed E-state index contributed by atoms with van der Waals surface area (Å²) in [6.45, 7) is 6.46. The van der Waals surface area contributed by atoms with Crippen LogP contribution in [0.1, 0.15) is 60.2 Å². The van der Waals surface area contributed by atoms with Gasteiger partial charge in [-0.15, -0.1) is 0 Å². The SMILES string of the molecule is Cc1cn([C@H]2C[C@@H](OC(=O)c3ccccc3C(C)SSC(C)C)C(COP(=O)(O)OP(=O)(O)OP(=O)(O)O)O2)c(=O)[nH]c1=O. The zero-order chi connectivity index (χ0) is 33.0. The van der Waals surface area contributed by atoms with E-state index in [1.54, 1.807) is 45.9 Å². The molecule has 0 amide bonds. The minimum absolute atomic E-state index is 0.123. The second kappa shape index (κ2) is 14.9. The summed E-state index contributed by atoms with van der Waals surface area (Å²) in [6, 6.07) is 6.71. The van der Waals surface area contributed by atoms with E-state index >= 15 is 0 Å². The first-order valence-corrected chi connectivity index (χ1v) is 19.4. The van der Waals surface area contributed by atoms with E-state index < -0.39 is 65.7 Å². The number of carbonyl (C=O) groups is 1. The van der Waals surface area contributed by atoms with Crippen LogP contribution in [-0.2, 0) is 36.3 Å². The molecule has 2 aromatic rings. The summed E-state index contributed by atoms with van der Waals surface area (Å²) in [7, 11) is -13.8. The van der Waals surface area contributed by atoms with Crippen molar-refractivity contribution >= 4 is 51.0 Å². The third-order valence-corrected chi connectivity index (χ3v) is 12.9. The number of nitrogens with one attached hydrogen (secondary N) is 1. The van der Waals surface area contributed by atoms with E-state index in [1.165, 1.54) is 13.1 Å². The van der Waals surface area contributed by atoms with E-state index in [0.717, 1.165) is 4.57 Å². The molecule has 1 aliphatic heterocycles. The van der Waals surface area contributed by atoms with Crippen LogP contribution in [0.25, 0.3) is 0 Å². The number of nitrogens with zero attached hydrogens (tertiary/aromatic N) is 1. The van der Waals surface area contributed by atoms with Crippen molar-refractivity contribution in [2.24, 2.45) is 0 Å². The van der Waals surface area contributed by atoms with E-state index in [1.807, 2.05) is 20.8 Å². The second-order valence-electron chi connectivity index (χ2n) is 9.64. The number of benzene rings is 1. The average molecular weight is 721 g/mol. The minimum Gasteiger partial charge on any atom is -0.456 e. The van der Waals surface area contributed by atoms with Crippen molar-refractivity contribution in [1.29, 1.82) is 0 Å². The number of phosphoric ester groups is 1. The predicted molar refractivity (Wildman–Crippen MR) is 159 cm³/mol. The molecular formula is C22H31N2O15P3S2. The van der Waals surface area contributed by atoms with Crippen molar-refractivity contribution < 1.29 is 60.7 Å². The Bertz CT molecular complexity index is 1610. The van der Waals surface area contributed by atoms with Crippen LogP contribution < -0.4 is 11.2 Å². The molecule has 17 nitrogen and oxygen atoms in total. The van der Waals surface area contributed by atoms with Gasteiger partial charge in [0.15, 0.2) is 0 Å². The van der Waals surface area contributed by atoms with E-state index in [9.17, 15) is 37.9 Å². The fourth-order valence-electron chi connectivity index (χ4n) is 3.90. The van der Waals surface area contributed by atoms with Gasteiger partial charge in [-0.2, -0.15) is 8.62 Å². The number of aryl methyl sites for hydroxylation is 1. The highest BCUT2D eigenvalue weighted by Crippen LogP contribution is 2.66. The smallest absolute Gasteiger partial charge is 0.456 e. The molecule has 0 radical (unpaired) electrons. The summed E-state index contributed by atoms with van der Waals surface area (Å²) in [5.41, 5.74) is -0.454. The number of hydrogen-bond donors (Lipinski definition) is 5. The molecule has 246 valence electrons. The summed E-state index contributed by atoms with van der Waals surface area (Å²) in [5.74, 6) is -0.787. The Morgan fingerprint density at radius 2 is 1.73 bits per heavy atom. The zero-order valence-corrected chi connectivity index (χ0v) is 27.9. The molecule has 1 aromatic carbocycles. The lowest BCUT2D eigenvalue weighted by atomic mass is 10.0. The van der Waals surface area contributed by atoms with Gasteiger partial charge in [-0.1, -0.05) is 53.6 Å². The highest BCUT2D eigenvalue weighted by molar-refractivity contribution is 8.77. The first kappa shape index (κ1) is 36.9. The monoisotopic (exact) mass is 720 g/mol. The lowest BCUT2D eigenvalue weighted by Gasteiger charge is -2.22. The normalized spacial score (nSPS) is 22.3. The zero-order valence-electron chi connectivity index (χ0n) is 23.6. The molecule has 0 aliphatic carbocycles. The average Bonchev–Trinajstić information content (AvgIpc) is 3.28. The summed E-state index contributed by atoms with van der Waals surface area (Å²) < 4.78 is 59.6. The Balaban J connectivity index is 1.86. The molecule has 2 heterocycles. The van der Waals surface area contributed by atoms with Gasteiger partial charge in [-0.25, -0.2) is 23.3 Å². The topological polar surface area (TPSA) is 250 Å². The number of carbonyl (C=O) groups excluding carboxylic acids is 1. The molecule has 0 spiro atoms. The van der Waals surface area contributed by atoms with Gasteiger partial charge in [0.05, 0.1) is 12.2 Å². The van der Waals surface area contributed by atoms with E-state index in [2.05, 4.69) is 13.6 Å². The van der Waals surface area contributed by atoms with Crippen LogP contribution in [-0.4, -0.2) is 59.2 Å². The van der Waals surface area contributed by atoms with Gasteiger partial charge < -0.3 is 29.0 Å². The second-order valence-corrected chi connectivity index (χ2v) is 17.3. The lowest BCUT2D eigenvalue weighted by Crippen LogP contribution is -2.33. The molecule has 44 heavy (non-hydrogen) atoms. The van der Waals surface area contributed by atoms with E-state index in [4.69, 9.17) is 23.8 Å². The van der Waals surface area contributed by atoms with Crippen LogP contribution in [0.5, 0.6) is 0 Å². The van der Waals surface area contributed by atoms with Crippen molar-refractivity contribution in [3.05, 3.63) is 68.0 Å². The van der Waals surface area contributed by atoms with E-state index in [0.29, 0.717) is 10.8 Å². The van der Waals surface area contributed by atoms with Crippen molar-refractivity contribution in [3.8, 4) is 0 Å². The molecule has 3 rings (SSSR count). The quantitative estimate of drug-likeness (QED) is 0.106. The lowest BCUT2D eigenvalue weighted by molar-refractivity contribution is -0.0512. The van der Waals surface area contributed by atoms with Crippen molar-refractivity contribution in [3.63, 3.8) is 0 Å². The summed E-state index contributed by atoms with van der Waals surface area (Å²) in [4.78, 5) is 76.6. The maximum atomic E-state index is 13.4. The molecule has 5 N–H and O–H groups in total. The summed E-state index contributed by atoms with van der Waals surface area (Å²) in [6.07, 6.45) is -2.78. The molecule has 1 saturated heterocycles. The number of esters is 1. The van der Waals surface area contributed by atoms with Crippen LogP contribution in [0.3, 0.4) is 0 Å². The number of aromatic nitrogens is 2. The number of phosphoric acid groups is 3. The van der Waals surface area contributed by atoms with Gasteiger partial charge in [0.25, 0.3) is 5.56 Å². The Labute approximate surface area is 258 Å². The van der Waals surface area contributed by atoms with Crippen molar-refractivity contribution in [2.45, 2.75) is 63.1 Å². The molecule has 4 unspecified atom stereocenters. The van der Waals surface area contributed by atoms with Crippen LogP contribution in [0.15, 0.2) is 40.1 Å². The third kappa shape index (κ3) is 10.8. The first-order chi connectivity index (χ1) is 20.3. The Morgan fingerprint density at radius 3 is 2.36 bits per heavy atom. The molecular weight excluding hydrogens is 689 g/mol. The van der Waals surface area contributed by atoms with Crippen molar-refractivity contribution in [2.75, 3.05) is 6.61 Å². The van der Waals surface area contributed by atoms with Gasteiger partial charge in [-0.3, -0.25) is 18.9 Å². The van der Waals surface area contributed by atoms with Gasteiger partial charge in [0.1, 0.15) is 18.4 Å². The van der Waals surface area contributed by atoms with Crippen LogP contribution in [0, 0.1) is 6.92 Å². The summed E-state index contributed by atoms with van der Waals surface area (Å²) >= 11 is 0. The summed E-state index contributed by atoms with van der Waals surface area (Å²) in [5, 5.41) is 0.201. The van der Waals surface area contributed by atoms with Crippen LogP contribution >= 0.6 is 45.1 Å². The standard InChI is InChI=1S/C22H31N2O15P3S2/c1-12(2)43-44-14(4)15-7-5-6-8-16(15)21(26)37-17-9-19(24-10-13(3)20(25)23-22(24)27)36-18(17)11-35-41(31,32)39-42(33,34)38-40(28,29)30/h5-8,10,12,14,17-19H,9,11H2,1-4H3,(H,31,32)(H,33,34)(H,23,25,27)(H2,28,29,30)/t14?,17-,18?,19-/m1/s1. The molecule has 1 aliphatic rings. The van der Waals surface area contributed by atoms with Crippen molar-refractivity contribution in [1.82, 2.24) is 9.55 Å². The van der Waals surface area contributed by atoms with Gasteiger partial charge in [0.2, 0.25) is 0 Å². The number of H-pyrrole nitrogens is 1. The number of ether oxygens (including phenoxy) is 2. The predicted octanol–water partition coefficient (Wildman–Crippen LogP) is 3.55. The fourth-order valence-corrected chi connectivity index (χ4v) is 9.11. The highest BCUT2D eigenvalue weighted by atomic mass is 33.1. The Morgan fingerprint density at radius 1 is 1.07 bits per heavy atom. The maximum absolute atomic E-state index is 13.4. The molecule has 22 heteroatoms.